The minimum atomic E-state index is -0.219. The predicted molar refractivity (Wildman–Crippen MR) is 71.4 cm³/mol. The highest BCUT2D eigenvalue weighted by Crippen LogP contribution is 2.47. The lowest BCUT2D eigenvalue weighted by Crippen LogP contribution is -2.32. The first-order valence-electron chi connectivity index (χ1n) is 6.68. The van der Waals surface area contributed by atoms with Gasteiger partial charge in [-0.25, -0.2) is 4.39 Å². The lowest BCUT2D eigenvalue weighted by Gasteiger charge is -2.16. The third-order valence-electron chi connectivity index (χ3n) is 3.69. The number of rotatable bonds is 7. The third kappa shape index (κ3) is 3.77. The van der Waals surface area contributed by atoms with E-state index in [2.05, 4.69) is 5.32 Å². The molecule has 4 heteroatoms. The zero-order valence-corrected chi connectivity index (χ0v) is 11.2. The normalized spacial score (nSPS) is 16.1. The Morgan fingerprint density at radius 3 is 2.63 bits per heavy atom. The Morgan fingerprint density at radius 2 is 2.05 bits per heavy atom. The first-order valence-corrected chi connectivity index (χ1v) is 6.68. The van der Waals surface area contributed by atoms with Gasteiger partial charge in [-0.1, -0.05) is 12.1 Å². The van der Waals surface area contributed by atoms with Gasteiger partial charge in [-0.05, 0) is 37.0 Å². The van der Waals surface area contributed by atoms with Gasteiger partial charge in [-0.2, -0.15) is 0 Å². The van der Waals surface area contributed by atoms with E-state index in [4.69, 9.17) is 4.74 Å². The summed E-state index contributed by atoms with van der Waals surface area (Å²) >= 11 is 0. The molecule has 0 radical (unpaired) electrons. The Bertz CT molecular complexity index is 426. The molecular weight excluding hydrogens is 245 g/mol. The molecule has 0 aliphatic heterocycles. The van der Waals surface area contributed by atoms with E-state index >= 15 is 0 Å². The van der Waals surface area contributed by atoms with E-state index in [1.807, 2.05) is 12.1 Å². The van der Waals surface area contributed by atoms with Gasteiger partial charge in [0.15, 0.2) is 0 Å². The van der Waals surface area contributed by atoms with E-state index in [9.17, 15) is 9.18 Å². The number of carbonyl (C=O) groups excluding carboxylic acids is 1. The van der Waals surface area contributed by atoms with Gasteiger partial charge in [-0.15, -0.1) is 0 Å². The quantitative estimate of drug-likeness (QED) is 0.769. The van der Waals surface area contributed by atoms with Crippen LogP contribution in [0.3, 0.4) is 0 Å². The number of hydrogen-bond acceptors (Lipinski definition) is 2. The SMILES string of the molecule is COCCCC(=O)NCC1(c2ccc(F)cc2)CC1. The average Bonchev–Trinajstić information content (AvgIpc) is 3.19. The number of benzene rings is 1. The standard InChI is InChI=1S/C15H20FNO2/c1-19-10-2-3-14(18)17-11-15(8-9-15)12-4-6-13(16)7-5-12/h4-7H,2-3,8-11H2,1H3,(H,17,18). The van der Waals surface area contributed by atoms with Gasteiger partial charge in [-0.3, -0.25) is 4.79 Å². The second kappa shape index (κ2) is 6.15. The van der Waals surface area contributed by atoms with E-state index in [-0.39, 0.29) is 17.1 Å². The summed E-state index contributed by atoms with van der Waals surface area (Å²) in [6.45, 7) is 1.25. The van der Waals surface area contributed by atoms with Crippen molar-refractivity contribution in [1.82, 2.24) is 5.32 Å². The lowest BCUT2D eigenvalue weighted by atomic mass is 9.96. The molecule has 19 heavy (non-hydrogen) atoms. The fourth-order valence-corrected chi connectivity index (χ4v) is 2.26. The summed E-state index contributed by atoms with van der Waals surface area (Å²) in [5.74, 6) is -0.159. The number of carbonyl (C=O) groups is 1. The van der Waals surface area contributed by atoms with E-state index in [1.54, 1.807) is 7.11 Å². The summed E-state index contributed by atoms with van der Waals surface area (Å²) in [6.07, 6.45) is 3.34. The van der Waals surface area contributed by atoms with Gasteiger partial charge < -0.3 is 10.1 Å². The van der Waals surface area contributed by atoms with Crippen LogP contribution in [-0.2, 0) is 14.9 Å². The Hall–Kier alpha value is -1.42. The number of ether oxygens (including phenoxy) is 1. The highest BCUT2D eigenvalue weighted by Gasteiger charge is 2.44. The maximum absolute atomic E-state index is 12.9. The minimum absolute atomic E-state index is 0.0324. The zero-order valence-electron chi connectivity index (χ0n) is 11.2. The van der Waals surface area contributed by atoms with Crippen molar-refractivity contribution in [3.8, 4) is 0 Å². The summed E-state index contributed by atoms with van der Waals surface area (Å²) in [5, 5.41) is 2.97. The summed E-state index contributed by atoms with van der Waals surface area (Å²) < 4.78 is 17.8. The molecule has 0 aromatic heterocycles. The number of methoxy groups -OCH3 is 1. The van der Waals surface area contributed by atoms with Gasteiger partial charge in [0.2, 0.25) is 5.91 Å². The maximum atomic E-state index is 12.9. The van der Waals surface area contributed by atoms with Crippen molar-refractivity contribution in [2.75, 3.05) is 20.3 Å². The topological polar surface area (TPSA) is 38.3 Å². The van der Waals surface area contributed by atoms with Crippen LogP contribution in [0, 0.1) is 5.82 Å². The molecular formula is C15H20FNO2. The lowest BCUT2D eigenvalue weighted by molar-refractivity contribution is -0.121. The molecule has 1 amide bonds. The van der Waals surface area contributed by atoms with Crippen LogP contribution < -0.4 is 5.32 Å². The van der Waals surface area contributed by atoms with Crippen LogP contribution in [0.25, 0.3) is 0 Å². The van der Waals surface area contributed by atoms with Gasteiger partial charge in [0.1, 0.15) is 5.82 Å². The highest BCUT2D eigenvalue weighted by molar-refractivity contribution is 5.76. The summed E-state index contributed by atoms with van der Waals surface area (Å²) in [4.78, 5) is 11.7. The van der Waals surface area contributed by atoms with Crippen LogP contribution >= 0.6 is 0 Å². The van der Waals surface area contributed by atoms with Crippen molar-refractivity contribution in [1.29, 1.82) is 0 Å². The first-order chi connectivity index (χ1) is 9.16. The molecule has 1 N–H and O–H groups in total. The van der Waals surface area contributed by atoms with E-state index in [0.29, 0.717) is 19.6 Å². The molecule has 0 atom stereocenters. The fraction of sp³-hybridized carbons (Fsp3) is 0.533. The molecule has 1 aromatic rings. The van der Waals surface area contributed by atoms with Crippen molar-refractivity contribution in [3.05, 3.63) is 35.6 Å². The number of hydrogen-bond donors (Lipinski definition) is 1. The van der Waals surface area contributed by atoms with Gasteiger partial charge >= 0.3 is 0 Å². The molecule has 1 aliphatic rings. The first kappa shape index (κ1) is 14.0. The molecule has 3 nitrogen and oxygen atoms in total. The smallest absolute Gasteiger partial charge is 0.220 e. The van der Waals surface area contributed by atoms with Crippen LogP contribution in [0.2, 0.25) is 0 Å². The van der Waals surface area contributed by atoms with Gasteiger partial charge in [0.05, 0.1) is 0 Å². The molecule has 0 heterocycles. The fourth-order valence-electron chi connectivity index (χ4n) is 2.26. The van der Waals surface area contributed by atoms with Crippen LogP contribution in [0.4, 0.5) is 4.39 Å². The summed E-state index contributed by atoms with van der Waals surface area (Å²) in [6, 6.07) is 6.60. The Kier molecular flexibility index (Phi) is 4.53. The van der Waals surface area contributed by atoms with Crippen molar-refractivity contribution in [2.24, 2.45) is 0 Å². The van der Waals surface area contributed by atoms with Gasteiger partial charge in [0, 0.05) is 32.1 Å². The molecule has 1 aromatic carbocycles. The summed E-state index contributed by atoms with van der Waals surface area (Å²) in [7, 11) is 1.63. The molecule has 0 unspecified atom stereocenters. The minimum Gasteiger partial charge on any atom is -0.385 e. The zero-order chi connectivity index (χ0) is 13.7. The monoisotopic (exact) mass is 265 g/mol. The molecule has 0 bridgehead atoms. The second-order valence-corrected chi connectivity index (χ2v) is 5.16. The largest absolute Gasteiger partial charge is 0.385 e. The molecule has 1 aliphatic carbocycles. The van der Waals surface area contributed by atoms with Gasteiger partial charge in [0.25, 0.3) is 0 Å². The number of halogens is 1. The number of amides is 1. The van der Waals surface area contributed by atoms with Crippen molar-refractivity contribution < 1.29 is 13.9 Å². The molecule has 104 valence electrons. The van der Waals surface area contributed by atoms with Crippen molar-refractivity contribution in [2.45, 2.75) is 31.1 Å². The predicted octanol–water partition coefficient (Wildman–Crippen LogP) is 2.40. The van der Waals surface area contributed by atoms with E-state index < -0.39 is 0 Å². The van der Waals surface area contributed by atoms with Crippen LogP contribution in [0.5, 0.6) is 0 Å². The van der Waals surface area contributed by atoms with Crippen molar-refractivity contribution >= 4 is 5.91 Å². The Labute approximate surface area is 113 Å². The molecule has 2 rings (SSSR count). The van der Waals surface area contributed by atoms with Crippen LogP contribution in [0.1, 0.15) is 31.2 Å². The maximum Gasteiger partial charge on any atom is 0.220 e. The third-order valence-corrected chi connectivity index (χ3v) is 3.69. The molecule has 1 fully saturated rings. The summed E-state index contributed by atoms with van der Waals surface area (Å²) in [5.41, 5.74) is 1.15. The molecule has 0 spiro atoms. The second-order valence-electron chi connectivity index (χ2n) is 5.16. The van der Waals surface area contributed by atoms with Crippen LogP contribution in [0.15, 0.2) is 24.3 Å². The van der Waals surface area contributed by atoms with Crippen LogP contribution in [-0.4, -0.2) is 26.2 Å². The average molecular weight is 265 g/mol. The molecule has 0 saturated heterocycles. The van der Waals surface area contributed by atoms with E-state index in [0.717, 1.165) is 24.8 Å². The highest BCUT2D eigenvalue weighted by atomic mass is 19.1. The van der Waals surface area contributed by atoms with Crippen molar-refractivity contribution in [3.63, 3.8) is 0 Å². The number of nitrogens with one attached hydrogen (secondary N) is 1. The Balaban J connectivity index is 1.82. The molecule has 1 saturated carbocycles. The van der Waals surface area contributed by atoms with E-state index in [1.165, 1.54) is 12.1 Å². The Morgan fingerprint density at radius 1 is 1.37 bits per heavy atom.